The van der Waals surface area contributed by atoms with E-state index >= 15 is 0 Å². The lowest BCUT2D eigenvalue weighted by molar-refractivity contribution is -0.151. The van der Waals surface area contributed by atoms with Gasteiger partial charge in [-0.25, -0.2) is 0 Å². The number of anilines is 1. The number of nitrogens with zero attached hydrogens (tertiary/aromatic N) is 1. The van der Waals surface area contributed by atoms with Crippen LogP contribution in [0.15, 0.2) is 36.4 Å². The van der Waals surface area contributed by atoms with E-state index in [4.69, 9.17) is 21.1 Å². The van der Waals surface area contributed by atoms with Gasteiger partial charge < -0.3 is 14.4 Å². The highest BCUT2D eigenvalue weighted by Crippen LogP contribution is 2.52. The second-order valence-corrected chi connectivity index (χ2v) is 6.49. The minimum absolute atomic E-state index is 0.114. The minimum atomic E-state index is -0.735. The van der Waals surface area contributed by atoms with Crippen LogP contribution in [0.1, 0.15) is 6.92 Å². The van der Waals surface area contributed by atoms with E-state index in [1.807, 2.05) is 18.2 Å². The molecule has 2 fully saturated rings. The Bertz CT molecular complexity index is 718. The maximum atomic E-state index is 13.0. The van der Waals surface area contributed by atoms with Gasteiger partial charge in [0, 0.05) is 10.7 Å². The molecule has 0 aromatic heterocycles. The standard InChI is InChI=1S/C17H16ClNO4/c1-2-22-16(21)13-12-6-7-17(23-12)9-19(15(20)14(13)17)11-5-3-4-10(18)8-11/h3-8,12-14H,2,9H2,1H3/t12-,13?,14+,17-/m1/s1. The largest absolute Gasteiger partial charge is 0.466 e. The lowest BCUT2D eigenvalue weighted by Gasteiger charge is -2.22. The molecule has 23 heavy (non-hydrogen) atoms. The summed E-state index contributed by atoms with van der Waals surface area (Å²) in [5.74, 6) is -1.58. The highest BCUT2D eigenvalue weighted by Gasteiger charge is 2.67. The molecule has 6 heteroatoms. The summed E-state index contributed by atoms with van der Waals surface area (Å²) in [6.07, 6.45) is 3.41. The van der Waals surface area contributed by atoms with Gasteiger partial charge in [-0.3, -0.25) is 9.59 Å². The first-order valence-electron chi connectivity index (χ1n) is 7.66. The second kappa shape index (κ2) is 5.08. The molecule has 3 aliphatic heterocycles. The molecule has 5 nitrogen and oxygen atoms in total. The normalized spacial score (nSPS) is 34.1. The molecular weight excluding hydrogens is 318 g/mol. The number of carbonyl (C=O) groups is 2. The zero-order valence-corrected chi connectivity index (χ0v) is 13.3. The summed E-state index contributed by atoms with van der Waals surface area (Å²) in [5, 5.41) is 0.563. The Morgan fingerprint density at radius 1 is 1.52 bits per heavy atom. The van der Waals surface area contributed by atoms with Crippen molar-refractivity contribution in [3.8, 4) is 0 Å². The smallest absolute Gasteiger partial charge is 0.312 e. The third-order valence-corrected chi connectivity index (χ3v) is 5.01. The topological polar surface area (TPSA) is 55.8 Å². The van der Waals surface area contributed by atoms with Crippen LogP contribution in [-0.2, 0) is 19.1 Å². The predicted octanol–water partition coefficient (Wildman–Crippen LogP) is 2.19. The van der Waals surface area contributed by atoms with Crippen molar-refractivity contribution in [3.05, 3.63) is 41.4 Å². The van der Waals surface area contributed by atoms with E-state index in [0.717, 1.165) is 0 Å². The predicted molar refractivity (Wildman–Crippen MR) is 84.2 cm³/mol. The number of esters is 1. The van der Waals surface area contributed by atoms with Crippen LogP contribution in [-0.4, -0.2) is 36.7 Å². The van der Waals surface area contributed by atoms with Crippen LogP contribution in [0.2, 0.25) is 5.02 Å². The Morgan fingerprint density at radius 3 is 3.09 bits per heavy atom. The van der Waals surface area contributed by atoms with Crippen LogP contribution in [0, 0.1) is 11.8 Å². The molecule has 2 saturated heterocycles. The van der Waals surface area contributed by atoms with Gasteiger partial charge in [0.25, 0.3) is 0 Å². The summed E-state index contributed by atoms with van der Waals surface area (Å²) in [7, 11) is 0. The first-order chi connectivity index (χ1) is 11.1. The molecule has 0 aliphatic carbocycles. The quantitative estimate of drug-likeness (QED) is 0.628. The van der Waals surface area contributed by atoms with Crippen LogP contribution in [0.5, 0.6) is 0 Å². The van der Waals surface area contributed by atoms with Crippen molar-refractivity contribution in [2.24, 2.45) is 11.8 Å². The first kappa shape index (κ1) is 14.7. The average molecular weight is 334 g/mol. The first-order valence-corrected chi connectivity index (χ1v) is 8.04. The molecule has 2 bridgehead atoms. The molecule has 1 aromatic carbocycles. The number of benzene rings is 1. The van der Waals surface area contributed by atoms with Gasteiger partial charge in [0.05, 0.1) is 25.2 Å². The molecule has 0 saturated carbocycles. The molecule has 120 valence electrons. The van der Waals surface area contributed by atoms with Crippen molar-refractivity contribution in [1.82, 2.24) is 0 Å². The fourth-order valence-electron chi connectivity index (χ4n) is 3.87. The zero-order valence-electron chi connectivity index (χ0n) is 12.6. The van der Waals surface area contributed by atoms with Crippen molar-refractivity contribution in [2.45, 2.75) is 18.6 Å². The summed E-state index contributed by atoms with van der Waals surface area (Å²) in [4.78, 5) is 26.9. The number of fused-ring (bicyclic) bond motifs is 1. The molecule has 3 aliphatic rings. The molecule has 0 N–H and O–H groups in total. The van der Waals surface area contributed by atoms with Gasteiger partial charge in [0.15, 0.2) is 0 Å². The number of amides is 1. The minimum Gasteiger partial charge on any atom is -0.466 e. The van der Waals surface area contributed by atoms with Crippen LogP contribution in [0.4, 0.5) is 5.69 Å². The Balaban J connectivity index is 1.70. The van der Waals surface area contributed by atoms with Gasteiger partial charge in [-0.2, -0.15) is 0 Å². The second-order valence-electron chi connectivity index (χ2n) is 6.06. The van der Waals surface area contributed by atoms with Crippen molar-refractivity contribution in [2.75, 3.05) is 18.1 Å². The summed E-state index contributed by atoms with van der Waals surface area (Å²) < 4.78 is 11.2. The van der Waals surface area contributed by atoms with Crippen LogP contribution in [0.25, 0.3) is 0 Å². The maximum Gasteiger partial charge on any atom is 0.312 e. The van der Waals surface area contributed by atoms with Gasteiger partial charge >= 0.3 is 5.97 Å². The lowest BCUT2D eigenvalue weighted by Crippen LogP contribution is -2.40. The van der Waals surface area contributed by atoms with Gasteiger partial charge in [-0.05, 0) is 25.1 Å². The zero-order chi connectivity index (χ0) is 16.2. The number of carbonyl (C=O) groups excluding carboxylic acids is 2. The highest BCUT2D eigenvalue weighted by molar-refractivity contribution is 6.31. The monoisotopic (exact) mass is 333 g/mol. The van der Waals surface area contributed by atoms with Crippen LogP contribution < -0.4 is 4.90 Å². The van der Waals surface area contributed by atoms with Gasteiger partial charge in [0.2, 0.25) is 5.91 Å². The number of hydrogen-bond acceptors (Lipinski definition) is 4. The average Bonchev–Trinajstić information content (AvgIpc) is 3.16. The molecule has 1 unspecified atom stereocenters. The molecule has 3 heterocycles. The van der Waals surface area contributed by atoms with Crippen molar-refractivity contribution < 1.29 is 19.1 Å². The molecule has 4 rings (SSSR count). The Morgan fingerprint density at radius 2 is 2.35 bits per heavy atom. The lowest BCUT2D eigenvalue weighted by atomic mass is 9.77. The van der Waals surface area contributed by atoms with E-state index in [0.29, 0.717) is 17.3 Å². The van der Waals surface area contributed by atoms with E-state index in [2.05, 4.69) is 0 Å². The van der Waals surface area contributed by atoms with Crippen LogP contribution >= 0.6 is 11.6 Å². The Labute approximate surface area is 138 Å². The molecule has 0 radical (unpaired) electrons. The van der Waals surface area contributed by atoms with Crippen molar-refractivity contribution >= 4 is 29.2 Å². The van der Waals surface area contributed by atoms with Gasteiger partial charge in [-0.1, -0.05) is 29.8 Å². The van der Waals surface area contributed by atoms with E-state index in [-0.39, 0.29) is 24.6 Å². The highest BCUT2D eigenvalue weighted by atomic mass is 35.5. The summed E-state index contributed by atoms with van der Waals surface area (Å²) in [6.45, 7) is 2.43. The Kier molecular flexibility index (Phi) is 3.25. The number of halogens is 1. The fraction of sp³-hybridized carbons (Fsp3) is 0.412. The van der Waals surface area contributed by atoms with Crippen LogP contribution in [0.3, 0.4) is 0 Å². The number of rotatable bonds is 3. The third-order valence-electron chi connectivity index (χ3n) is 4.78. The van der Waals surface area contributed by atoms with E-state index in [1.165, 1.54) is 0 Å². The van der Waals surface area contributed by atoms with E-state index in [1.54, 1.807) is 30.0 Å². The summed E-state index contributed by atoms with van der Waals surface area (Å²) >= 11 is 6.03. The molecule has 4 atom stereocenters. The van der Waals surface area contributed by atoms with Gasteiger partial charge in [0.1, 0.15) is 11.5 Å². The van der Waals surface area contributed by atoms with Gasteiger partial charge in [-0.15, -0.1) is 0 Å². The van der Waals surface area contributed by atoms with Crippen molar-refractivity contribution in [1.29, 1.82) is 0 Å². The fourth-order valence-corrected chi connectivity index (χ4v) is 4.05. The maximum absolute atomic E-state index is 13.0. The molecular formula is C17H16ClNO4. The molecule has 1 amide bonds. The number of hydrogen-bond donors (Lipinski definition) is 0. The van der Waals surface area contributed by atoms with E-state index < -0.39 is 17.4 Å². The Hall–Kier alpha value is -1.85. The summed E-state index contributed by atoms with van der Waals surface area (Å²) in [5.41, 5.74) is -0.0177. The van der Waals surface area contributed by atoms with Crippen molar-refractivity contribution in [3.63, 3.8) is 0 Å². The molecule has 1 spiro atoms. The third kappa shape index (κ3) is 2.03. The molecule has 1 aromatic rings. The number of ether oxygens (including phenoxy) is 2. The summed E-state index contributed by atoms with van der Waals surface area (Å²) in [6, 6.07) is 7.13. The van der Waals surface area contributed by atoms with E-state index in [9.17, 15) is 9.59 Å². The SMILES string of the molecule is CCOC(=O)C1[C@H]2C(=O)N(c3cccc(Cl)c3)C[C@]23C=C[C@H]1O3.